The zero-order chi connectivity index (χ0) is 14.1. The third-order valence-corrected chi connectivity index (χ3v) is 3.88. The molecule has 2 heterocycles. The molecule has 0 spiro atoms. The summed E-state index contributed by atoms with van der Waals surface area (Å²) < 4.78 is 7.49. The third-order valence-electron chi connectivity index (χ3n) is 2.95. The van der Waals surface area contributed by atoms with E-state index in [0.29, 0.717) is 12.5 Å². The van der Waals surface area contributed by atoms with Crippen molar-refractivity contribution in [1.82, 2.24) is 19.8 Å². The van der Waals surface area contributed by atoms with E-state index in [1.807, 2.05) is 35.7 Å². The van der Waals surface area contributed by atoms with Crippen molar-refractivity contribution in [1.29, 1.82) is 0 Å². The van der Waals surface area contributed by atoms with Gasteiger partial charge in [-0.15, -0.1) is 10.2 Å². The van der Waals surface area contributed by atoms with Gasteiger partial charge in [-0.3, -0.25) is 0 Å². The fourth-order valence-electron chi connectivity index (χ4n) is 2.03. The van der Waals surface area contributed by atoms with E-state index in [4.69, 9.17) is 4.74 Å². The van der Waals surface area contributed by atoms with Crippen LogP contribution in [-0.2, 0) is 0 Å². The van der Waals surface area contributed by atoms with E-state index in [2.05, 4.69) is 29.1 Å². The van der Waals surface area contributed by atoms with Crippen LogP contribution in [0, 0.1) is 0 Å². The molecule has 2 aromatic heterocycles. The van der Waals surface area contributed by atoms with Crippen LogP contribution >= 0.6 is 11.3 Å². The summed E-state index contributed by atoms with van der Waals surface area (Å²) in [4.78, 5) is 0.815. The normalized spacial score (nSPS) is 11.4. The second kappa shape index (κ2) is 5.20. The first-order valence-electron chi connectivity index (χ1n) is 6.65. The maximum atomic E-state index is 5.66. The van der Waals surface area contributed by atoms with Crippen LogP contribution in [0.25, 0.3) is 15.5 Å². The van der Waals surface area contributed by atoms with Crippen LogP contribution in [0.4, 0.5) is 0 Å². The zero-order valence-corrected chi connectivity index (χ0v) is 12.5. The average molecular weight is 288 g/mol. The molecule has 0 N–H and O–H groups in total. The number of benzene rings is 1. The third kappa shape index (κ3) is 2.16. The fraction of sp³-hybridized carbons (Fsp3) is 0.357. The number of rotatable bonds is 4. The highest BCUT2D eigenvalue weighted by molar-refractivity contribution is 7.19. The van der Waals surface area contributed by atoms with E-state index in [1.54, 1.807) is 0 Å². The average Bonchev–Trinajstić information content (AvgIpc) is 2.99. The van der Waals surface area contributed by atoms with Gasteiger partial charge in [0.1, 0.15) is 5.75 Å². The van der Waals surface area contributed by atoms with Crippen molar-refractivity contribution in [2.45, 2.75) is 26.7 Å². The molecule has 0 unspecified atom stereocenters. The summed E-state index contributed by atoms with van der Waals surface area (Å²) >= 11 is 1.53. The molecule has 0 amide bonds. The van der Waals surface area contributed by atoms with E-state index < -0.39 is 0 Å². The highest BCUT2D eigenvalue weighted by atomic mass is 32.1. The number of para-hydroxylation sites is 1. The van der Waals surface area contributed by atoms with Gasteiger partial charge in [0.25, 0.3) is 0 Å². The lowest BCUT2D eigenvalue weighted by atomic mass is 10.2. The molecular weight excluding hydrogens is 272 g/mol. The van der Waals surface area contributed by atoms with Crippen LogP contribution in [-0.4, -0.2) is 26.4 Å². The Morgan fingerprint density at radius 1 is 1.25 bits per heavy atom. The summed E-state index contributed by atoms with van der Waals surface area (Å²) in [5.74, 6) is 2.03. The standard InChI is InChI=1S/C14H16N4OS/c1-4-19-11-8-6-5-7-10(11)13-17-18-12(9(2)3)15-16-14(18)20-13/h5-9H,4H2,1-3H3. The van der Waals surface area contributed by atoms with E-state index in [0.717, 1.165) is 27.1 Å². The van der Waals surface area contributed by atoms with Gasteiger partial charge in [0.05, 0.1) is 12.2 Å². The van der Waals surface area contributed by atoms with Crippen LogP contribution in [0.2, 0.25) is 0 Å². The van der Waals surface area contributed by atoms with E-state index >= 15 is 0 Å². The molecule has 6 heteroatoms. The summed E-state index contributed by atoms with van der Waals surface area (Å²) in [5.41, 5.74) is 1.000. The monoisotopic (exact) mass is 288 g/mol. The maximum absolute atomic E-state index is 5.66. The van der Waals surface area contributed by atoms with E-state index in [1.165, 1.54) is 11.3 Å². The Kier molecular flexibility index (Phi) is 3.40. The van der Waals surface area contributed by atoms with Crippen LogP contribution in [0.1, 0.15) is 32.5 Å². The first kappa shape index (κ1) is 13.1. The summed E-state index contributed by atoms with van der Waals surface area (Å²) in [6.07, 6.45) is 0. The molecule has 0 saturated heterocycles. The Bertz CT molecular complexity index is 732. The molecule has 0 atom stereocenters. The minimum atomic E-state index is 0.294. The summed E-state index contributed by atoms with van der Waals surface area (Å²) in [7, 11) is 0. The van der Waals surface area contributed by atoms with Gasteiger partial charge in [0.2, 0.25) is 4.96 Å². The fourth-order valence-corrected chi connectivity index (χ4v) is 2.90. The Labute approximate surface area is 121 Å². The molecule has 3 aromatic rings. The highest BCUT2D eigenvalue weighted by Crippen LogP contribution is 2.33. The lowest BCUT2D eigenvalue weighted by Gasteiger charge is -2.06. The van der Waals surface area contributed by atoms with Crippen LogP contribution in [0.5, 0.6) is 5.75 Å². The zero-order valence-electron chi connectivity index (χ0n) is 11.7. The van der Waals surface area contributed by atoms with Crippen LogP contribution in [0.15, 0.2) is 24.3 Å². The molecule has 0 saturated carbocycles. The van der Waals surface area contributed by atoms with Crippen molar-refractivity contribution in [2.75, 3.05) is 6.61 Å². The Morgan fingerprint density at radius 3 is 2.80 bits per heavy atom. The topological polar surface area (TPSA) is 52.3 Å². The van der Waals surface area contributed by atoms with Gasteiger partial charge in [-0.25, -0.2) is 0 Å². The van der Waals surface area contributed by atoms with Crippen molar-refractivity contribution in [2.24, 2.45) is 0 Å². The van der Waals surface area contributed by atoms with Gasteiger partial charge in [-0.05, 0) is 19.1 Å². The Morgan fingerprint density at radius 2 is 2.05 bits per heavy atom. The number of ether oxygens (including phenoxy) is 1. The predicted octanol–water partition coefficient (Wildman–Crippen LogP) is 3.37. The van der Waals surface area contributed by atoms with Crippen molar-refractivity contribution >= 4 is 16.3 Å². The van der Waals surface area contributed by atoms with Crippen molar-refractivity contribution in [3.05, 3.63) is 30.1 Å². The van der Waals surface area contributed by atoms with Gasteiger partial charge in [0.15, 0.2) is 10.8 Å². The Balaban J connectivity index is 2.11. The molecule has 104 valence electrons. The molecule has 0 aliphatic heterocycles. The smallest absolute Gasteiger partial charge is 0.234 e. The van der Waals surface area contributed by atoms with Crippen LogP contribution in [0.3, 0.4) is 0 Å². The van der Waals surface area contributed by atoms with Gasteiger partial charge in [-0.1, -0.05) is 37.3 Å². The molecule has 0 aliphatic rings. The maximum Gasteiger partial charge on any atom is 0.234 e. The van der Waals surface area contributed by atoms with E-state index in [9.17, 15) is 0 Å². The van der Waals surface area contributed by atoms with Gasteiger partial charge < -0.3 is 4.74 Å². The number of fused-ring (bicyclic) bond motifs is 1. The lowest BCUT2D eigenvalue weighted by Crippen LogP contribution is -1.98. The predicted molar refractivity (Wildman–Crippen MR) is 79.4 cm³/mol. The number of aromatic nitrogens is 4. The molecule has 0 bridgehead atoms. The number of nitrogens with zero attached hydrogens (tertiary/aromatic N) is 4. The SMILES string of the molecule is CCOc1ccccc1-c1nn2c(C(C)C)nnc2s1. The second-order valence-corrected chi connectivity index (χ2v) is 5.70. The second-order valence-electron chi connectivity index (χ2n) is 4.74. The quantitative estimate of drug-likeness (QED) is 0.738. The van der Waals surface area contributed by atoms with Gasteiger partial charge in [-0.2, -0.15) is 9.61 Å². The minimum Gasteiger partial charge on any atom is -0.493 e. The molecule has 0 fully saturated rings. The van der Waals surface area contributed by atoms with E-state index in [-0.39, 0.29) is 0 Å². The highest BCUT2D eigenvalue weighted by Gasteiger charge is 2.16. The molecule has 0 aliphatic carbocycles. The molecule has 3 rings (SSSR count). The first-order valence-corrected chi connectivity index (χ1v) is 7.46. The summed E-state index contributed by atoms with van der Waals surface area (Å²) in [6.45, 7) is 6.79. The van der Waals surface area contributed by atoms with Gasteiger partial charge >= 0.3 is 0 Å². The van der Waals surface area contributed by atoms with Crippen molar-refractivity contribution < 1.29 is 4.74 Å². The molecule has 0 radical (unpaired) electrons. The lowest BCUT2D eigenvalue weighted by molar-refractivity contribution is 0.341. The first-order chi connectivity index (χ1) is 9.70. The van der Waals surface area contributed by atoms with Crippen LogP contribution < -0.4 is 4.74 Å². The number of hydrogen-bond donors (Lipinski definition) is 0. The summed E-state index contributed by atoms with van der Waals surface area (Å²) in [5, 5.41) is 13.9. The largest absolute Gasteiger partial charge is 0.493 e. The van der Waals surface area contributed by atoms with Crippen molar-refractivity contribution in [3.8, 4) is 16.3 Å². The van der Waals surface area contributed by atoms with Crippen molar-refractivity contribution in [3.63, 3.8) is 0 Å². The minimum absolute atomic E-state index is 0.294. The number of hydrogen-bond acceptors (Lipinski definition) is 5. The molecule has 20 heavy (non-hydrogen) atoms. The van der Waals surface area contributed by atoms with Gasteiger partial charge in [0, 0.05) is 5.92 Å². The summed E-state index contributed by atoms with van der Waals surface area (Å²) in [6, 6.07) is 7.94. The molecule has 5 nitrogen and oxygen atoms in total. The molecular formula is C14H16N4OS. The molecule has 1 aromatic carbocycles. The Hall–Kier alpha value is -1.95.